The largest absolute Gasteiger partial charge is 1.00 e. The van der Waals surface area contributed by atoms with Gasteiger partial charge in [0.05, 0.1) is 63.0 Å². The summed E-state index contributed by atoms with van der Waals surface area (Å²) in [5.41, 5.74) is -3.46. The summed E-state index contributed by atoms with van der Waals surface area (Å²) in [4.78, 5) is 37.6. The number of hydrogen-bond donors (Lipinski definition) is 1. The molecule has 0 unspecified atom stereocenters. The number of hydrogen-bond acceptors (Lipinski definition) is 22. The van der Waals surface area contributed by atoms with Crippen LogP contribution in [0.2, 0.25) is 0 Å². The fraction of sp³-hybridized carbons (Fsp3) is 0.0938. The van der Waals surface area contributed by atoms with Gasteiger partial charge in [0.25, 0.3) is 5.91 Å². The SMILES string of the molecule is CC#CC#COC(=O)C1=NN(c2cc(SOO[O-])ccc2S(=O)(=O)[O-])C(=O)/C1=C\C=CC=Cc1c(C(=O)OCC)nn(-c2cc(SOO[O-])ccc2S(=O)(=O)[O-])c1O.[K+].[K+].[K+].[K+]. The first-order chi connectivity index (χ1) is 27.6. The standard InChI is InChI=1S/C32H24N4O18S4.4K/c1-3-5-9-16-50-32(40)28-22(30(38)36(34-28)24-18-20(56-54-52-42)13-15-26(24)58(46,47)48)11-8-6-7-10-21-27(31(39)49-4-2)33-35(29(21)37)23-17-19(55-53-51-41)12-14-25(23)57(43,44)45;;;;/h6-8,10-15,17-18,37,41-42H,4H2,1-2H3,(H,43,44,45)(H,46,47,48);;;;/q;4*+1/p-4/b8-6?,10-7?,22-11-;;;;. The summed E-state index contributed by atoms with van der Waals surface area (Å²) in [6.45, 7) is 2.75. The molecule has 1 amide bonds. The molecule has 0 spiro atoms. The van der Waals surface area contributed by atoms with Crippen LogP contribution in [0.5, 0.6) is 5.88 Å². The molecule has 0 bridgehead atoms. The molecule has 1 N–H and O–H groups in total. The maximum Gasteiger partial charge on any atom is 1.00 e. The van der Waals surface area contributed by atoms with E-state index >= 15 is 0 Å². The quantitative estimate of drug-likeness (QED) is 0.0160. The van der Waals surface area contributed by atoms with E-state index in [0.717, 1.165) is 54.6 Å². The first-order valence-corrected chi connectivity index (χ1v) is 19.4. The Morgan fingerprint density at radius 2 is 1.42 bits per heavy atom. The van der Waals surface area contributed by atoms with Crippen LogP contribution >= 0.6 is 24.1 Å². The number of carbonyl (C=O) groups is 3. The van der Waals surface area contributed by atoms with Gasteiger partial charge in [-0.3, -0.25) is 14.9 Å². The van der Waals surface area contributed by atoms with Crippen LogP contribution in [0.4, 0.5) is 5.69 Å². The zero-order chi connectivity index (χ0) is 42.6. The molecule has 22 nitrogen and oxygen atoms in total. The van der Waals surface area contributed by atoms with Gasteiger partial charge in [-0.05, 0) is 68.3 Å². The van der Waals surface area contributed by atoms with Crippen LogP contribution < -0.4 is 221 Å². The number of benzene rings is 2. The minimum Gasteiger partial charge on any atom is -0.744 e. The van der Waals surface area contributed by atoms with Crippen molar-refractivity contribution in [3.05, 3.63) is 77.5 Å². The molecule has 62 heavy (non-hydrogen) atoms. The predicted molar refractivity (Wildman–Crippen MR) is 188 cm³/mol. The van der Waals surface area contributed by atoms with E-state index in [1.54, 1.807) is 0 Å². The van der Waals surface area contributed by atoms with Gasteiger partial charge >= 0.3 is 217 Å². The van der Waals surface area contributed by atoms with Crippen molar-refractivity contribution in [2.75, 3.05) is 11.6 Å². The van der Waals surface area contributed by atoms with E-state index in [0.29, 0.717) is 21.7 Å². The van der Waals surface area contributed by atoms with Crippen LogP contribution in [0, 0.1) is 23.9 Å². The molecule has 1 aliphatic rings. The summed E-state index contributed by atoms with van der Waals surface area (Å²) >= 11 is 0.587. The molecular formula is C32H20K4N4O18S4. The van der Waals surface area contributed by atoms with Gasteiger partial charge in [-0.15, -0.1) is 0 Å². The zero-order valence-electron chi connectivity index (χ0n) is 32.9. The Balaban J connectivity index is 0.00000930. The van der Waals surface area contributed by atoms with Crippen molar-refractivity contribution in [3.63, 3.8) is 0 Å². The van der Waals surface area contributed by atoms with Gasteiger partial charge in [-0.1, -0.05) is 24.1 Å². The zero-order valence-corrected chi connectivity index (χ0v) is 48.6. The molecule has 2 heterocycles. The van der Waals surface area contributed by atoms with E-state index in [9.17, 15) is 55.9 Å². The van der Waals surface area contributed by atoms with Crippen molar-refractivity contribution < 1.29 is 290 Å². The molecule has 0 radical (unpaired) electrons. The maximum atomic E-state index is 13.7. The molecule has 0 atom stereocenters. The van der Waals surface area contributed by atoms with Crippen molar-refractivity contribution >= 4 is 79.6 Å². The number of aromatic nitrogens is 2. The maximum absolute atomic E-state index is 13.7. The van der Waals surface area contributed by atoms with Gasteiger partial charge in [0.15, 0.2) is 11.4 Å². The molecule has 1 aliphatic heterocycles. The summed E-state index contributed by atoms with van der Waals surface area (Å²) in [5.74, 6) is 2.46. The van der Waals surface area contributed by atoms with Crippen molar-refractivity contribution in [1.29, 1.82) is 0 Å². The predicted octanol–water partition coefficient (Wildman–Crippen LogP) is -11.5. The van der Waals surface area contributed by atoms with Crippen molar-refractivity contribution in [2.24, 2.45) is 5.10 Å². The smallest absolute Gasteiger partial charge is 0.744 e. The average Bonchev–Trinajstić information content (AvgIpc) is 3.69. The fourth-order valence-corrected chi connectivity index (χ4v) is 6.56. The average molecular weight is 1030 g/mol. The molecule has 4 rings (SSSR count). The molecular weight excluding hydrogens is 1010 g/mol. The molecule has 0 fully saturated rings. The number of rotatable bonds is 16. The van der Waals surface area contributed by atoms with E-state index in [1.165, 1.54) is 26.0 Å². The molecule has 304 valence electrons. The van der Waals surface area contributed by atoms with Crippen molar-refractivity contribution in [3.8, 4) is 35.4 Å². The molecule has 30 heteroatoms. The van der Waals surface area contributed by atoms with Gasteiger partial charge in [-0.2, -0.15) is 28.6 Å². The van der Waals surface area contributed by atoms with E-state index in [2.05, 4.69) is 46.7 Å². The number of hydrazone groups is 1. The molecule has 0 saturated carbocycles. The van der Waals surface area contributed by atoms with Crippen LogP contribution in [-0.2, 0) is 58.0 Å². The van der Waals surface area contributed by atoms with E-state index in [4.69, 9.17) is 9.47 Å². The minimum atomic E-state index is -5.29. The Bertz CT molecular complexity index is 2620. The first kappa shape index (κ1) is 62.7. The third kappa shape index (κ3) is 17.3. The molecule has 3 aromatic rings. The minimum absolute atomic E-state index is 0. The Morgan fingerprint density at radius 3 is 1.95 bits per heavy atom. The molecule has 2 aromatic carbocycles. The summed E-state index contributed by atoms with van der Waals surface area (Å²) < 4.78 is 91.3. The second kappa shape index (κ2) is 30.2. The Kier molecular flexibility index (Phi) is 30.6. The van der Waals surface area contributed by atoms with E-state index < -0.39 is 82.1 Å². The number of aromatic hydroxyl groups is 1. The number of ether oxygens (including phenoxy) is 2. The van der Waals surface area contributed by atoms with Gasteiger partial charge in [0.2, 0.25) is 5.88 Å². The van der Waals surface area contributed by atoms with Crippen molar-refractivity contribution in [2.45, 2.75) is 33.4 Å². The normalized spacial score (nSPS) is 12.8. The summed E-state index contributed by atoms with van der Waals surface area (Å²) in [7, 11) is -10.5. The van der Waals surface area contributed by atoms with Crippen LogP contribution in [0.15, 0.2) is 91.0 Å². The third-order valence-corrected chi connectivity index (χ3v) is 9.65. The Morgan fingerprint density at radius 1 is 0.855 bits per heavy atom. The first-order valence-electron chi connectivity index (χ1n) is 15.1. The summed E-state index contributed by atoms with van der Waals surface area (Å²) in [6, 6.07) is 5.63. The number of carbonyl (C=O) groups excluding carboxylic acids is 3. The van der Waals surface area contributed by atoms with Crippen LogP contribution in [0.3, 0.4) is 0 Å². The van der Waals surface area contributed by atoms with E-state index in [1.807, 2.05) is 6.11 Å². The van der Waals surface area contributed by atoms with Crippen molar-refractivity contribution in [1.82, 2.24) is 9.78 Å². The number of nitrogens with zero attached hydrogens (tertiary/aromatic N) is 4. The Hall–Kier alpha value is 0.695. The van der Waals surface area contributed by atoms with Gasteiger partial charge in [0, 0.05) is 15.7 Å². The number of allylic oxidation sites excluding steroid dienone is 4. The number of esters is 2. The monoisotopic (exact) mass is 1030 g/mol. The second-order valence-electron chi connectivity index (χ2n) is 10.2. The number of anilines is 1. The Labute approximate surface area is 531 Å². The van der Waals surface area contributed by atoms with E-state index in [-0.39, 0.29) is 240 Å². The topological polar surface area (TPSA) is 321 Å². The molecule has 1 aromatic heterocycles. The van der Waals surface area contributed by atoms with Crippen LogP contribution in [0.25, 0.3) is 11.8 Å². The van der Waals surface area contributed by atoms with Gasteiger partial charge in [0.1, 0.15) is 26.3 Å². The number of amides is 1. The van der Waals surface area contributed by atoms with Gasteiger partial charge < -0.3 is 34.2 Å². The van der Waals surface area contributed by atoms with Crippen LogP contribution in [0.1, 0.15) is 29.9 Å². The summed E-state index contributed by atoms with van der Waals surface area (Å²) in [5, 5.41) is 46.5. The fourth-order valence-electron chi connectivity index (χ4n) is 4.51. The third-order valence-electron chi connectivity index (χ3n) is 6.74. The van der Waals surface area contributed by atoms with Crippen LogP contribution in [-0.4, -0.2) is 71.0 Å². The van der Waals surface area contributed by atoms with Gasteiger partial charge in [-0.25, -0.2) is 26.4 Å². The molecule has 0 saturated heterocycles. The second-order valence-corrected chi connectivity index (χ2v) is 14.5. The summed E-state index contributed by atoms with van der Waals surface area (Å²) in [6.07, 6.45) is 7.55. The molecule has 0 aliphatic carbocycles.